The summed E-state index contributed by atoms with van der Waals surface area (Å²) in [6, 6.07) is 12.6. The third kappa shape index (κ3) is 4.17. The lowest BCUT2D eigenvalue weighted by molar-refractivity contribution is 0.0664. The third-order valence-electron chi connectivity index (χ3n) is 4.29. The molecular formula is C18H20ClN3O3S. The molecule has 0 aromatic heterocycles. The Kier molecular flexibility index (Phi) is 5.50. The molecule has 1 aliphatic rings. The lowest BCUT2D eigenvalue weighted by Gasteiger charge is -2.32. The van der Waals surface area contributed by atoms with E-state index >= 15 is 0 Å². The number of halogens is 1. The Balaban J connectivity index is 1.83. The van der Waals surface area contributed by atoms with Crippen molar-refractivity contribution < 1.29 is 13.2 Å². The molecule has 1 fully saturated rings. The van der Waals surface area contributed by atoms with Crippen LogP contribution in [-0.4, -0.2) is 57.4 Å². The van der Waals surface area contributed by atoms with Crippen molar-refractivity contribution in [3.05, 3.63) is 59.1 Å². The molecule has 1 N–H and O–H groups in total. The maximum atomic E-state index is 12.8. The van der Waals surface area contributed by atoms with Gasteiger partial charge in [0.15, 0.2) is 0 Å². The first-order valence-electron chi connectivity index (χ1n) is 8.22. The summed E-state index contributed by atoms with van der Waals surface area (Å²) in [5.41, 5.74) is 0.597. The van der Waals surface area contributed by atoms with Crippen LogP contribution >= 0.6 is 11.6 Å². The van der Waals surface area contributed by atoms with Crippen LogP contribution in [0.25, 0.3) is 0 Å². The molecule has 3 rings (SSSR count). The Morgan fingerprint density at radius 2 is 1.69 bits per heavy atom. The number of likely N-dealkylation sites (N-methyl/N-ethyl adjacent to an activating group) is 1. The summed E-state index contributed by atoms with van der Waals surface area (Å²) in [7, 11) is -1.72. The van der Waals surface area contributed by atoms with Crippen LogP contribution in [0.5, 0.6) is 0 Å². The van der Waals surface area contributed by atoms with Gasteiger partial charge >= 0.3 is 0 Å². The number of sulfonamides is 1. The quantitative estimate of drug-likeness (QED) is 0.866. The minimum absolute atomic E-state index is 0.155. The maximum absolute atomic E-state index is 12.8. The third-order valence-corrected chi connectivity index (χ3v) is 6.02. The standard InChI is InChI=1S/C18H20ClN3O3S/c1-21-9-11-22(12-10-21)18(23)16-13-14(7-8-17(16)19)20-26(24,25)15-5-3-2-4-6-15/h2-8,13,20H,9-12H2,1H3. The van der Waals surface area contributed by atoms with E-state index in [9.17, 15) is 13.2 Å². The zero-order valence-electron chi connectivity index (χ0n) is 14.4. The molecule has 0 unspecified atom stereocenters. The summed E-state index contributed by atoms with van der Waals surface area (Å²) in [5.74, 6) is -0.191. The summed E-state index contributed by atoms with van der Waals surface area (Å²) in [4.78, 5) is 16.8. The van der Waals surface area contributed by atoms with E-state index < -0.39 is 10.0 Å². The average molecular weight is 394 g/mol. The molecule has 2 aromatic rings. The fraction of sp³-hybridized carbons (Fsp3) is 0.278. The molecule has 26 heavy (non-hydrogen) atoms. The van der Waals surface area contributed by atoms with E-state index in [0.717, 1.165) is 13.1 Å². The number of hydrogen-bond acceptors (Lipinski definition) is 4. The van der Waals surface area contributed by atoms with Crippen LogP contribution in [0.15, 0.2) is 53.4 Å². The Hall–Kier alpha value is -2.09. The molecule has 1 amide bonds. The number of hydrogen-bond donors (Lipinski definition) is 1. The van der Waals surface area contributed by atoms with Crippen LogP contribution in [0.2, 0.25) is 5.02 Å². The highest BCUT2D eigenvalue weighted by molar-refractivity contribution is 7.92. The maximum Gasteiger partial charge on any atom is 0.261 e. The Bertz CT molecular complexity index is 895. The number of nitrogens with one attached hydrogen (secondary N) is 1. The highest BCUT2D eigenvalue weighted by atomic mass is 35.5. The van der Waals surface area contributed by atoms with E-state index in [4.69, 9.17) is 11.6 Å². The average Bonchev–Trinajstić information content (AvgIpc) is 2.64. The van der Waals surface area contributed by atoms with Crippen molar-refractivity contribution >= 4 is 33.2 Å². The number of carbonyl (C=O) groups is 1. The van der Waals surface area contributed by atoms with Gasteiger partial charge in [-0.15, -0.1) is 0 Å². The summed E-state index contributed by atoms with van der Waals surface area (Å²) >= 11 is 6.19. The number of benzene rings is 2. The summed E-state index contributed by atoms with van der Waals surface area (Å²) in [5, 5.41) is 0.302. The van der Waals surface area contributed by atoms with Gasteiger partial charge in [-0.1, -0.05) is 29.8 Å². The topological polar surface area (TPSA) is 69.7 Å². The van der Waals surface area contributed by atoms with E-state index in [-0.39, 0.29) is 10.8 Å². The Morgan fingerprint density at radius 3 is 2.35 bits per heavy atom. The molecule has 0 aliphatic carbocycles. The normalized spacial score (nSPS) is 15.7. The summed E-state index contributed by atoms with van der Waals surface area (Å²) in [6.45, 7) is 2.82. The van der Waals surface area contributed by atoms with Crippen LogP contribution < -0.4 is 4.72 Å². The molecule has 0 atom stereocenters. The number of anilines is 1. The Labute approximate surface area is 158 Å². The van der Waals surface area contributed by atoms with Gasteiger partial charge in [-0.25, -0.2) is 8.42 Å². The predicted octanol–water partition coefficient (Wildman–Crippen LogP) is 2.53. The monoisotopic (exact) mass is 393 g/mol. The SMILES string of the molecule is CN1CCN(C(=O)c2cc(NS(=O)(=O)c3ccccc3)ccc2Cl)CC1. The number of carbonyl (C=O) groups excluding carboxylic acids is 1. The molecule has 8 heteroatoms. The van der Waals surface area contributed by atoms with Gasteiger partial charge in [0.25, 0.3) is 15.9 Å². The number of piperazine rings is 1. The van der Waals surface area contributed by atoms with E-state index in [1.165, 1.54) is 24.3 Å². The first kappa shape index (κ1) is 18.7. The van der Waals surface area contributed by atoms with Crippen LogP contribution in [0, 0.1) is 0 Å². The minimum Gasteiger partial charge on any atom is -0.336 e. The van der Waals surface area contributed by atoms with Crippen molar-refractivity contribution in [2.75, 3.05) is 37.9 Å². The van der Waals surface area contributed by atoms with E-state index in [2.05, 4.69) is 9.62 Å². The second kappa shape index (κ2) is 7.65. The van der Waals surface area contributed by atoms with Gasteiger partial charge in [-0.2, -0.15) is 0 Å². The van der Waals surface area contributed by atoms with Crippen molar-refractivity contribution in [1.82, 2.24) is 9.80 Å². The predicted molar refractivity (Wildman–Crippen MR) is 102 cm³/mol. The largest absolute Gasteiger partial charge is 0.336 e. The van der Waals surface area contributed by atoms with Gasteiger partial charge in [-0.05, 0) is 37.4 Å². The zero-order valence-corrected chi connectivity index (χ0v) is 15.9. The molecule has 0 saturated carbocycles. The number of nitrogens with zero attached hydrogens (tertiary/aromatic N) is 2. The van der Waals surface area contributed by atoms with Crippen molar-refractivity contribution in [1.29, 1.82) is 0 Å². The lowest BCUT2D eigenvalue weighted by atomic mass is 10.1. The first-order valence-corrected chi connectivity index (χ1v) is 10.1. The van der Waals surface area contributed by atoms with Gasteiger partial charge in [0.1, 0.15) is 0 Å². The zero-order chi connectivity index (χ0) is 18.7. The first-order chi connectivity index (χ1) is 12.4. The van der Waals surface area contributed by atoms with Gasteiger partial charge in [0, 0.05) is 31.9 Å². The van der Waals surface area contributed by atoms with E-state index in [1.807, 2.05) is 7.05 Å². The Morgan fingerprint density at radius 1 is 1.04 bits per heavy atom. The number of amides is 1. The minimum atomic E-state index is -3.73. The van der Waals surface area contributed by atoms with Gasteiger partial charge < -0.3 is 9.80 Å². The number of rotatable bonds is 4. The summed E-state index contributed by atoms with van der Waals surface area (Å²) < 4.78 is 27.4. The van der Waals surface area contributed by atoms with Gasteiger partial charge in [0.05, 0.1) is 15.5 Å². The molecule has 138 valence electrons. The molecule has 0 bridgehead atoms. The molecule has 2 aromatic carbocycles. The van der Waals surface area contributed by atoms with Crippen molar-refractivity contribution in [2.24, 2.45) is 0 Å². The van der Waals surface area contributed by atoms with Crippen LogP contribution in [-0.2, 0) is 10.0 Å². The molecule has 0 radical (unpaired) electrons. The molecule has 6 nitrogen and oxygen atoms in total. The van der Waals surface area contributed by atoms with Crippen LogP contribution in [0.1, 0.15) is 10.4 Å². The smallest absolute Gasteiger partial charge is 0.261 e. The highest BCUT2D eigenvalue weighted by Gasteiger charge is 2.23. The second-order valence-electron chi connectivity index (χ2n) is 6.21. The highest BCUT2D eigenvalue weighted by Crippen LogP contribution is 2.24. The van der Waals surface area contributed by atoms with Crippen LogP contribution in [0.3, 0.4) is 0 Å². The van der Waals surface area contributed by atoms with Gasteiger partial charge in [-0.3, -0.25) is 9.52 Å². The molecule has 1 heterocycles. The van der Waals surface area contributed by atoms with Gasteiger partial charge in [0.2, 0.25) is 0 Å². The summed E-state index contributed by atoms with van der Waals surface area (Å²) in [6.07, 6.45) is 0. The lowest BCUT2D eigenvalue weighted by Crippen LogP contribution is -2.47. The van der Waals surface area contributed by atoms with E-state index in [0.29, 0.717) is 29.4 Å². The molecule has 1 saturated heterocycles. The van der Waals surface area contributed by atoms with Crippen LogP contribution in [0.4, 0.5) is 5.69 Å². The molecule has 1 aliphatic heterocycles. The molecule has 0 spiro atoms. The van der Waals surface area contributed by atoms with Crippen molar-refractivity contribution in [3.8, 4) is 0 Å². The van der Waals surface area contributed by atoms with Crippen molar-refractivity contribution in [3.63, 3.8) is 0 Å². The molecular weight excluding hydrogens is 374 g/mol. The second-order valence-corrected chi connectivity index (χ2v) is 8.30. The van der Waals surface area contributed by atoms with Crippen molar-refractivity contribution in [2.45, 2.75) is 4.90 Å². The fourth-order valence-corrected chi connectivity index (χ4v) is 4.02. The fourth-order valence-electron chi connectivity index (χ4n) is 2.75. The van der Waals surface area contributed by atoms with E-state index in [1.54, 1.807) is 29.2 Å².